The van der Waals surface area contributed by atoms with Crippen LogP contribution in [0.2, 0.25) is 0 Å². The largest absolute Gasteiger partial charge is 0.497 e. The van der Waals surface area contributed by atoms with Gasteiger partial charge < -0.3 is 9.47 Å². The summed E-state index contributed by atoms with van der Waals surface area (Å²) in [5.41, 5.74) is 0.993. The van der Waals surface area contributed by atoms with Crippen LogP contribution in [0.25, 0.3) is 0 Å². The van der Waals surface area contributed by atoms with E-state index in [1.54, 1.807) is 25.3 Å². The summed E-state index contributed by atoms with van der Waals surface area (Å²) in [4.78, 5) is 21.8. The molecule has 0 aliphatic carbocycles. The molecule has 0 spiro atoms. The van der Waals surface area contributed by atoms with Crippen molar-refractivity contribution in [3.8, 4) is 5.75 Å². The molecule has 0 atom stereocenters. The van der Waals surface area contributed by atoms with E-state index in [1.165, 1.54) is 24.3 Å². The third-order valence-electron chi connectivity index (χ3n) is 2.82. The molecular weight excluding hydrogens is 274 g/mol. The summed E-state index contributed by atoms with van der Waals surface area (Å²) >= 11 is 0. The van der Waals surface area contributed by atoms with Crippen molar-refractivity contribution in [1.82, 2.24) is 0 Å². The van der Waals surface area contributed by atoms with Gasteiger partial charge in [-0.2, -0.15) is 0 Å². The molecule has 0 N–H and O–H groups in total. The fraction of sp³-hybridized carbons (Fsp3) is 0.133. The highest BCUT2D eigenvalue weighted by molar-refractivity contribution is 5.89. The zero-order valence-electron chi connectivity index (χ0n) is 11.3. The fourth-order valence-corrected chi connectivity index (χ4v) is 1.71. The second-order valence-corrected chi connectivity index (χ2v) is 4.23. The van der Waals surface area contributed by atoms with E-state index in [4.69, 9.17) is 9.47 Å². The first-order valence-electron chi connectivity index (χ1n) is 6.14. The Morgan fingerprint density at radius 2 is 1.90 bits per heavy atom. The minimum atomic E-state index is -0.535. The van der Waals surface area contributed by atoms with Gasteiger partial charge in [-0.25, -0.2) is 4.79 Å². The molecule has 0 bridgehead atoms. The smallest absolute Gasteiger partial charge is 0.338 e. The molecule has 0 fully saturated rings. The van der Waals surface area contributed by atoms with Crippen molar-refractivity contribution in [2.24, 2.45) is 0 Å². The number of nitrogens with zero attached hydrogens (tertiary/aromatic N) is 1. The first-order valence-corrected chi connectivity index (χ1v) is 6.14. The Balaban J connectivity index is 1.99. The molecule has 0 aliphatic heterocycles. The summed E-state index contributed by atoms with van der Waals surface area (Å²) in [6, 6.07) is 12.4. The second kappa shape index (κ2) is 6.51. The minimum absolute atomic E-state index is 0.0701. The predicted octanol–water partition coefficient (Wildman–Crippen LogP) is 2.96. The van der Waals surface area contributed by atoms with Crippen molar-refractivity contribution in [1.29, 1.82) is 0 Å². The van der Waals surface area contributed by atoms with Crippen LogP contribution in [0.3, 0.4) is 0 Å². The molecule has 21 heavy (non-hydrogen) atoms. The molecule has 0 aromatic heterocycles. The topological polar surface area (TPSA) is 78.7 Å². The maximum absolute atomic E-state index is 11.8. The molecule has 0 saturated carbocycles. The molecule has 6 nitrogen and oxygen atoms in total. The van der Waals surface area contributed by atoms with Crippen LogP contribution in [0.1, 0.15) is 15.9 Å². The Morgan fingerprint density at radius 1 is 1.19 bits per heavy atom. The Bertz CT molecular complexity index is 651. The van der Waals surface area contributed by atoms with Crippen molar-refractivity contribution in [2.45, 2.75) is 6.61 Å². The van der Waals surface area contributed by atoms with Gasteiger partial charge in [0, 0.05) is 12.1 Å². The number of nitro benzene ring substituents is 1. The maximum atomic E-state index is 11.8. The van der Waals surface area contributed by atoms with Gasteiger partial charge in [-0.15, -0.1) is 0 Å². The third kappa shape index (κ3) is 3.79. The van der Waals surface area contributed by atoms with E-state index >= 15 is 0 Å². The summed E-state index contributed by atoms with van der Waals surface area (Å²) in [6.45, 7) is 0.104. The molecule has 0 aliphatic rings. The van der Waals surface area contributed by atoms with Crippen molar-refractivity contribution >= 4 is 11.7 Å². The van der Waals surface area contributed by atoms with Crippen LogP contribution in [0.5, 0.6) is 5.75 Å². The zero-order valence-corrected chi connectivity index (χ0v) is 11.3. The van der Waals surface area contributed by atoms with Crippen molar-refractivity contribution in [2.75, 3.05) is 7.11 Å². The van der Waals surface area contributed by atoms with Crippen LogP contribution in [0, 0.1) is 10.1 Å². The number of hydrogen-bond donors (Lipinski definition) is 0. The van der Waals surface area contributed by atoms with Gasteiger partial charge >= 0.3 is 5.97 Å². The summed E-state index contributed by atoms with van der Waals surface area (Å²) in [6.07, 6.45) is 0. The lowest BCUT2D eigenvalue weighted by atomic mass is 10.2. The summed E-state index contributed by atoms with van der Waals surface area (Å²) in [5.74, 6) is 0.145. The summed E-state index contributed by atoms with van der Waals surface area (Å²) in [5, 5.41) is 10.5. The average molecular weight is 287 g/mol. The standard InChI is InChI=1S/C15H13NO5/c1-20-14-4-2-3-11(9-14)10-21-15(17)12-5-7-13(8-6-12)16(18)19/h2-9H,10H2,1H3. The number of methoxy groups -OCH3 is 1. The van der Waals surface area contributed by atoms with Crippen LogP contribution in [0.4, 0.5) is 5.69 Å². The molecule has 0 heterocycles. The number of hydrogen-bond acceptors (Lipinski definition) is 5. The highest BCUT2D eigenvalue weighted by Gasteiger charge is 2.10. The summed E-state index contributed by atoms with van der Waals surface area (Å²) < 4.78 is 10.2. The van der Waals surface area contributed by atoms with E-state index in [2.05, 4.69) is 0 Å². The molecule has 0 radical (unpaired) electrons. The van der Waals surface area contributed by atoms with E-state index in [-0.39, 0.29) is 17.9 Å². The fourth-order valence-electron chi connectivity index (χ4n) is 1.71. The lowest BCUT2D eigenvalue weighted by Gasteiger charge is -2.06. The molecule has 2 aromatic carbocycles. The van der Waals surface area contributed by atoms with Crippen molar-refractivity contribution in [3.63, 3.8) is 0 Å². The number of non-ortho nitro benzene ring substituents is 1. The summed E-state index contributed by atoms with van der Waals surface area (Å²) in [7, 11) is 1.56. The van der Waals surface area contributed by atoms with Gasteiger partial charge in [0.2, 0.25) is 0 Å². The van der Waals surface area contributed by atoms with Gasteiger partial charge in [0.05, 0.1) is 17.6 Å². The molecule has 2 rings (SSSR count). The van der Waals surface area contributed by atoms with E-state index in [9.17, 15) is 14.9 Å². The van der Waals surface area contributed by atoms with Crippen LogP contribution in [-0.2, 0) is 11.3 Å². The number of carbonyl (C=O) groups is 1. The van der Waals surface area contributed by atoms with Gasteiger partial charge in [-0.1, -0.05) is 12.1 Å². The Kier molecular flexibility index (Phi) is 4.50. The molecule has 6 heteroatoms. The lowest BCUT2D eigenvalue weighted by Crippen LogP contribution is -2.05. The first kappa shape index (κ1) is 14.5. The third-order valence-corrected chi connectivity index (χ3v) is 2.82. The van der Waals surface area contributed by atoms with E-state index in [0.29, 0.717) is 5.75 Å². The van der Waals surface area contributed by atoms with Crippen molar-refractivity contribution in [3.05, 3.63) is 69.8 Å². The molecule has 0 amide bonds. The molecule has 0 saturated heterocycles. The molecule has 2 aromatic rings. The number of nitro groups is 1. The van der Waals surface area contributed by atoms with Crippen LogP contribution in [-0.4, -0.2) is 18.0 Å². The highest BCUT2D eigenvalue weighted by Crippen LogP contribution is 2.15. The number of benzene rings is 2. The van der Waals surface area contributed by atoms with E-state index < -0.39 is 10.9 Å². The van der Waals surface area contributed by atoms with Crippen LogP contribution in [0.15, 0.2) is 48.5 Å². The van der Waals surface area contributed by atoms with Gasteiger partial charge in [-0.05, 0) is 29.8 Å². The number of carbonyl (C=O) groups excluding carboxylic acids is 1. The van der Waals surface area contributed by atoms with Gasteiger partial charge in [-0.3, -0.25) is 10.1 Å². The quantitative estimate of drug-likeness (QED) is 0.480. The SMILES string of the molecule is COc1cccc(COC(=O)c2ccc([N+](=O)[O-])cc2)c1. The average Bonchev–Trinajstić information content (AvgIpc) is 2.53. The minimum Gasteiger partial charge on any atom is -0.497 e. The van der Waals surface area contributed by atoms with Gasteiger partial charge in [0.25, 0.3) is 5.69 Å². The molecule has 0 unspecified atom stereocenters. The van der Waals surface area contributed by atoms with E-state index in [0.717, 1.165) is 5.56 Å². The highest BCUT2D eigenvalue weighted by atomic mass is 16.6. The van der Waals surface area contributed by atoms with Gasteiger partial charge in [0.15, 0.2) is 0 Å². The maximum Gasteiger partial charge on any atom is 0.338 e. The van der Waals surface area contributed by atoms with Gasteiger partial charge in [0.1, 0.15) is 12.4 Å². The zero-order chi connectivity index (χ0) is 15.2. The van der Waals surface area contributed by atoms with E-state index in [1.807, 2.05) is 6.07 Å². The Morgan fingerprint density at radius 3 is 2.52 bits per heavy atom. The lowest BCUT2D eigenvalue weighted by molar-refractivity contribution is -0.384. The first-order chi connectivity index (χ1) is 10.1. The molecular formula is C15H13NO5. The second-order valence-electron chi connectivity index (χ2n) is 4.23. The predicted molar refractivity (Wildman–Crippen MR) is 75.2 cm³/mol. The normalized spacial score (nSPS) is 9.95. The van der Waals surface area contributed by atoms with Crippen LogP contribution < -0.4 is 4.74 Å². The number of ether oxygens (including phenoxy) is 2. The van der Waals surface area contributed by atoms with Crippen LogP contribution >= 0.6 is 0 Å². The Labute approximate surface area is 121 Å². The number of rotatable bonds is 5. The van der Waals surface area contributed by atoms with Crippen molar-refractivity contribution < 1.29 is 19.2 Å². The monoisotopic (exact) mass is 287 g/mol. The Hall–Kier alpha value is -2.89. The molecule has 108 valence electrons. The number of esters is 1.